The van der Waals surface area contributed by atoms with Gasteiger partial charge < -0.3 is 4.74 Å². The molecule has 5 nitrogen and oxygen atoms in total. The first-order valence-electron chi connectivity index (χ1n) is 7.85. The van der Waals surface area contributed by atoms with Crippen LogP contribution in [0.5, 0.6) is 0 Å². The summed E-state index contributed by atoms with van der Waals surface area (Å²) < 4.78 is 5.33. The molecule has 0 fully saturated rings. The van der Waals surface area contributed by atoms with Gasteiger partial charge in [-0.1, -0.05) is 30.3 Å². The van der Waals surface area contributed by atoms with E-state index in [0.29, 0.717) is 5.56 Å². The first kappa shape index (κ1) is 16.6. The second kappa shape index (κ2) is 6.73. The Balaban J connectivity index is 1.78. The van der Waals surface area contributed by atoms with Crippen molar-refractivity contribution in [3.8, 4) is 0 Å². The molecular weight excluding hydrogens is 318 g/mol. The molecule has 1 aliphatic heterocycles. The SMILES string of the molecule is C=CCN1C(=O)c2ccc(C(=O)OCc3ccccc3C)cc2C1=O. The quantitative estimate of drug-likeness (QED) is 0.478. The third kappa shape index (κ3) is 3.08. The normalized spacial score (nSPS) is 12.9. The van der Waals surface area contributed by atoms with Crippen molar-refractivity contribution >= 4 is 17.8 Å². The lowest BCUT2D eigenvalue weighted by Gasteiger charge is -2.09. The number of nitrogens with zero attached hydrogens (tertiary/aromatic N) is 1. The van der Waals surface area contributed by atoms with Crippen molar-refractivity contribution < 1.29 is 19.1 Å². The van der Waals surface area contributed by atoms with Gasteiger partial charge in [-0.05, 0) is 36.2 Å². The lowest BCUT2D eigenvalue weighted by molar-refractivity contribution is 0.0471. The third-order valence-corrected chi connectivity index (χ3v) is 4.14. The van der Waals surface area contributed by atoms with Gasteiger partial charge in [-0.15, -0.1) is 6.58 Å². The number of hydrogen-bond acceptors (Lipinski definition) is 4. The van der Waals surface area contributed by atoms with Crippen LogP contribution < -0.4 is 0 Å². The molecule has 126 valence electrons. The zero-order valence-corrected chi connectivity index (χ0v) is 13.8. The molecule has 0 saturated heterocycles. The average molecular weight is 335 g/mol. The van der Waals surface area contributed by atoms with Crippen LogP contribution in [0.3, 0.4) is 0 Å². The van der Waals surface area contributed by atoms with Crippen LogP contribution in [0.2, 0.25) is 0 Å². The highest BCUT2D eigenvalue weighted by Crippen LogP contribution is 2.24. The Labute approximate surface area is 145 Å². The molecule has 0 N–H and O–H groups in total. The summed E-state index contributed by atoms with van der Waals surface area (Å²) in [6.45, 7) is 5.77. The summed E-state index contributed by atoms with van der Waals surface area (Å²) in [7, 11) is 0. The fraction of sp³-hybridized carbons (Fsp3) is 0.150. The Kier molecular flexibility index (Phi) is 4.48. The zero-order valence-electron chi connectivity index (χ0n) is 13.8. The van der Waals surface area contributed by atoms with E-state index < -0.39 is 11.9 Å². The number of rotatable bonds is 5. The molecular formula is C20H17NO4. The number of carbonyl (C=O) groups is 3. The van der Waals surface area contributed by atoms with E-state index in [-0.39, 0.29) is 30.2 Å². The molecule has 0 radical (unpaired) electrons. The van der Waals surface area contributed by atoms with Gasteiger partial charge in [0.15, 0.2) is 0 Å². The maximum atomic E-state index is 12.3. The van der Waals surface area contributed by atoms with Gasteiger partial charge in [0.1, 0.15) is 6.61 Å². The maximum Gasteiger partial charge on any atom is 0.338 e. The molecule has 5 heteroatoms. The number of imide groups is 1. The van der Waals surface area contributed by atoms with Gasteiger partial charge in [0.25, 0.3) is 11.8 Å². The van der Waals surface area contributed by atoms with Gasteiger partial charge in [-0.3, -0.25) is 14.5 Å². The third-order valence-electron chi connectivity index (χ3n) is 4.14. The summed E-state index contributed by atoms with van der Waals surface area (Å²) in [6.07, 6.45) is 1.49. The van der Waals surface area contributed by atoms with E-state index in [1.807, 2.05) is 31.2 Å². The van der Waals surface area contributed by atoms with Crippen molar-refractivity contribution in [2.45, 2.75) is 13.5 Å². The maximum absolute atomic E-state index is 12.3. The van der Waals surface area contributed by atoms with Crippen LogP contribution >= 0.6 is 0 Å². The topological polar surface area (TPSA) is 63.7 Å². The smallest absolute Gasteiger partial charge is 0.338 e. The van der Waals surface area contributed by atoms with E-state index in [1.165, 1.54) is 24.3 Å². The molecule has 0 aliphatic carbocycles. The van der Waals surface area contributed by atoms with E-state index in [1.54, 1.807) is 0 Å². The van der Waals surface area contributed by atoms with Gasteiger partial charge in [0.05, 0.1) is 16.7 Å². The number of carbonyl (C=O) groups excluding carboxylic acids is 3. The minimum Gasteiger partial charge on any atom is -0.457 e. The molecule has 0 bridgehead atoms. The summed E-state index contributed by atoms with van der Waals surface area (Å²) in [5, 5.41) is 0. The van der Waals surface area contributed by atoms with Gasteiger partial charge in [0, 0.05) is 6.54 Å². The van der Waals surface area contributed by atoms with Crippen LogP contribution in [-0.4, -0.2) is 29.2 Å². The van der Waals surface area contributed by atoms with E-state index in [9.17, 15) is 14.4 Å². The van der Waals surface area contributed by atoms with Crippen LogP contribution in [0, 0.1) is 6.92 Å². The van der Waals surface area contributed by atoms with Crippen molar-refractivity contribution in [3.05, 3.63) is 82.9 Å². The van der Waals surface area contributed by atoms with Gasteiger partial charge >= 0.3 is 5.97 Å². The molecule has 25 heavy (non-hydrogen) atoms. The molecule has 0 spiro atoms. The van der Waals surface area contributed by atoms with Crippen molar-refractivity contribution in [3.63, 3.8) is 0 Å². The fourth-order valence-corrected chi connectivity index (χ4v) is 2.71. The average Bonchev–Trinajstić information content (AvgIpc) is 2.85. The highest BCUT2D eigenvalue weighted by molar-refractivity contribution is 6.22. The van der Waals surface area contributed by atoms with E-state index >= 15 is 0 Å². The first-order valence-corrected chi connectivity index (χ1v) is 7.85. The number of benzene rings is 2. The van der Waals surface area contributed by atoms with Crippen LogP contribution in [0.1, 0.15) is 42.2 Å². The number of aryl methyl sites for hydroxylation is 1. The number of hydrogen-bond donors (Lipinski definition) is 0. The highest BCUT2D eigenvalue weighted by atomic mass is 16.5. The minimum absolute atomic E-state index is 0.138. The Morgan fingerprint density at radius 2 is 1.84 bits per heavy atom. The van der Waals surface area contributed by atoms with Crippen molar-refractivity contribution in [1.82, 2.24) is 4.90 Å². The van der Waals surface area contributed by atoms with Gasteiger partial charge in [0.2, 0.25) is 0 Å². The number of amides is 2. The summed E-state index contributed by atoms with van der Waals surface area (Å²) in [5.74, 6) is -1.33. The summed E-state index contributed by atoms with van der Waals surface area (Å²) in [4.78, 5) is 37.8. The van der Waals surface area contributed by atoms with Crippen LogP contribution in [0.25, 0.3) is 0 Å². The van der Waals surface area contributed by atoms with Crippen molar-refractivity contribution in [1.29, 1.82) is 0 Å². The molecule has 2 amide bonds. The lowest BCUT2D eigenvalue weighted by Crippen LogP contribution is -2.29. The summed E-state index contributed by atoms with van der Waals surface area (Å²) in [6, 6.07) is 12.0. The molecule has 0 aromatic heterocycles. The molecule has 3 rings (SSSR count). The second-order valence-corrected chi connectivity index (χ2v) is 5.77. The minimum atomic E-state index is -0.534. The molecule has 0 atom stereocenters. The lowest BCUT2D eigenvalue weighted by atomic mass is 10.1. The molecule has 2 aromatic rings. The van der Waals surface area contributed by atoms with Crippen molar-refractivity contribution in [2.75, 3.05) is 6.54 Å². The van der Waals surface area contributed by atoms with Gasteiger partial charge in [-0.25, -0.2) is 4.79 Å². The Morgan fingerprint density at radius 3 is 2.56 bits per heavy atom. The number of fused-ring (bicyclic) bond motifs is 1. The van der Waals surface area contributed by atoms with Crippen LogP contribution in [0.15, 0.2) is 55.1 Å². The standard InChI is InChI=1S/C20H17NO4/c1-3-10-21-18(22)16-9-8-14(11-17(16)19(21)23)20(24)25-12-15-7-5-4-6-13(15)2/h3-9,11H,1,10,12H2,2H3. The van der Waals surface area contributed by atoms with Crippen molar-refractivity contribution in [2.24, 2.45) is 0 Å². The first-order chi connectivity index (χ1) is 12.0. The fourth-order valence-electron chi connectivity index (χ4n) is 2.71. The largest absolute Gasteiger partial charge is 0.457 e. The monoisotopic (exact) mass is 335 g/mol. The highest BCUT2D eigenvalue weighted by Gasteiger charge is 2.35. The predicted molar refractivity (Wildman–Crippen MR) is 92.3 cm³/mol. The summed E-state index contributed by atoms with van der Waals surface area (Å²) >= 11 is 0. The molecule has 0 saturated carbocycles. The molecule has 1 aliphatic rings. The van der Waals surface area contributed by atoms with E-state index in [4.69, 9.17) is 4.74 Å². The number of ether oxygens (including phenoxy) is 1. The Hall–Kier alpha value is -3.21. The van der Waals surface area contributed by atoms with Crippen LogP contribution in [0.4, 0.5) is 0 Å². The second-order valence-electron chi connectivity index (χ2n) is 5.77. The Bertz CT molecular complexity index is 885. The number of esters is 1. The van der Waals surface area contributed by atoms with E-state index in [2.05, 4.69) is 6.58 Å². The Morgan fingerprint density at radius 1 is 1.12 bits per heavy atom. The molecule has 0 unspecified atom stereocenters. The summed E-state index contributed by atoms with van der Waals surface area (Å²) in [5.41, 5.74) is 2.71. The molecule has 2 aromatic carbocycles. The molecule has 1 heterocycles. The predicted octanol–water partition coefficient (Wildman–Crippen LogP) is 3.13. The van der Waals surface area contributed by atoms with Crippen LogP contribution in [-0.2, 0) is 11.3 Å². The zero-order chi connectivity index (χ0) is 18.0. The van der Waals surface area contributed by atoms with Gasteiger partial charge in [-0.2, -0.15) is 0 Å². The van der Waals surface area contributed by atoms with E-state index in [0.717, 1.165) is 16.0 Å².